The van der Waals surface area contributed by atoms with Crippen LogP contribution >= 0.6 is 0 Å². The van der Waals surface area contributed by atoms with Crippen molar-refractivity contribution in [3.63, 3.8) is 0 Å². The van der Waals surface area contributed by atoms with Gasteiger partial charge in [0.2, 0.25) is 0 Å². The Morgan fingerprint density at radius 2 is 0.457 bits per heavy atom. The van der Waals surface area contributed by atoms with Gasteiger partial charge in [-0.2, -0.15) is 0 Å². The number of benzene rings is 16. The lowest BCUT2D eigenvalue weighted by Gasteiger charge is -2.40. The van der Waals surface area contributed by atoms with Crippen LogP contribution in [0, 0.1) is 0 Å². The molecule has 0 bridgehead atoms. The molecule has 36 rings (SSSR count). The first-order valence-corrected chi connectivity index (χ1v) is 50.3. The van der Waals surface area contributed by atoms with Gasteiger partial charge in [0, 0.05) is 99.4 Å². The number of hydrogen-bond donors (Lipinski definition) is 0. The molecular weight excluding hydrogens is 1700 g/mol. The first-order valence-electron chi connectivity index (χ1n) is 50.3. The quantitative estimate of drug-likeness (QED) is 0.149. The summed E-state index contributed by atoms with van der Waals surface area (Å²) in [7, 11) is 0. The SMILES string of the molecule is c1ccc2c(c1)Cc1ccc3c(c1-2)Cc1c-3cc2c3c1Cc1ccccc1N3c1cccnc1C2.c1ccc2c(c1)Cc1ccc3c(c1-2)Cc1c-3cc2c3c1Cc1ccccc1N3c1ccncc1C2.c1ccc2c(c1)Cc1ccc3c(c1-2)Cc1c-3cc2c3c1Cc1ccccc1N3c1cnccc1C2.c1ccc2c(c1)Cc1ccc3c(c1-2)Cc1c-3cc2c3c1Cc1ccccc1N3c1ncccc1C2. The molecule has 0 N–H and O–H groups in total. The molecule has 16 aliphatic rings. The molecule has 16 aromatic carbocycles. The summed E-state index contributed by atoms with van der Waals surface area (Å²) in [5.74, 6) is 1.10. The first kappa shape index (κ1) is 76.5. The highest BCUT2D eigenvalue weighted by atomic mass is 15.2. The topological polar surface area (TPSA) is 64.5 Å². The third-order valence-electron chi connectivity index (χ3n) is 34.5. The largest absolute Gasteiger partial charge is 0.309 e. The van der Waals surface area contributed by atoms with Gasteiger partial charge in [0.15, 0.2) is 0 Å². The molecule has 0 radical (unpaired) electrons. The molecule has 8 aliphatic carbocycles. The molecular formula is C132H88N8. The summed E-state index contributed by atoms with van der Waals surface area (Å²) in [6, 6.07) is 114. The fourth-order valence-electron chi connectivity index (χ4n) is 28.8. The van der Waals surface area contributed by atoms with Crippen molar-refractivity contribution in [2.45, 2.75) is 103 Å². The van der Waals surface area contributed by atoms with Crippen LogP contribution in [0.2, 0.25) is 0 Å². The highest BCUT2D eigenvalue weighted by molar-refractivity contribution is 6.03. The number of fused-ring (bicyclic) bond motifs is 48. The molecule has 20 aromatic rings. The molecule has 4 aromatic heterocycles. The van der Waals surface area contributed by atoms with Gasteiger partial charge in [-0.05, 0) is 392 Å². The van der Waals surface area contributed by atoms with E-state index in [4.69, 9.17) is 9.97 Å². The van der Waals surface area contributed by atoms with Crippen molar-refractivity contribution in [3.05, 3.63) is 519 Å². The van der Waals surface area contributed by atoms with E-state index in [0.29, 0.717) is 0 Å². The average molecular weight is 1790 g/mol. The second-order valence-corrected chi connectivity index (χ2v) is 41.3. The van der Waals surface area contributed by atoms with Crippen molar-refractivity contribution in [1.82, 2.24) is 19.9 Å². The Morgan fingerprint density at radius 1 is 0.157 bits per heavy atom. The average Bonchev–Trinajstić information content (AvgIpc) is 1.44. The van der Waals surface area contributed by atoms with Crippen LogP contribution in [-0.4, -0.2) is 19.9 Å². The molecule has 0 atom stereocenters. The smallest absolute Gasteiger partial charge is 0.141 e. The summed E-state index contributed by atoms with van der Waals surface area (Å²) in [6.07, 6.45) is 27.9. The monoisotopic (exact) mass is 1780 g/mol. The number of nitrogens with zero attached hydrogens (tertiary/aromatic N) is 8. The predicted molar refractivity (Wildman–Crippen MR) is 564 cm³/mol. The van der Waals surface area contributed by atoms with Gasteiger partial charge in [-0.3, -0.25) is 19.9 Å². The lowest BCUT2D eigenvalue weighted by molar-refractivity contribution is 0.961. The van der Waals surface area contributed by atoms with Gasteiger partial charge >= 0.3 is 0 Å². The van der Waals surface area contributed by atoms with E-state index in [2.05, 4.69) is 345 Å². The Hall–Kier alpha value is -16.7. The van der Waals surface area contributed by atoms with Crippen LogP contribution < -0.4 is 19.6 Å². The Kier molecular flexibility index (Phi) is 15.6. The number of hydrogen-bond acceptors (Lipinski definition) is 8. The zero-order valence-electron chi connectivity index (χ0n) is 77.2. The molecule has 656 valence electrons. The van der Waals surface area contributed by atoms with Gasteiger partial charge in [-0.25, -0.2) is 4.98 Å². The van der Waals surface area contributed by atoms with Gasteiger partial charge in [-0.1, -0.05) is 224 Å². The van der Waals surface area contributed by atoms with Crippen molar-refractivity contribution in [2.24, 2.45) is 0 Å². The normalized spacial score (nSPS) is 14.9. The number of para-hydroxylation sites is 4. The minimum atomic E-state index is 0.896. The van der Waals surface area contributed by atoms with E-state index in [1.54, 1.807) is 0 Å². The van der Waals surface area contributed by atoms with Crippen molar-refractivity contribution < 1.29 is 0 Å². The molecule has 0 amide bonds. The van der Waals surface area contributed by atoms with Crippen LogP contribution in [0.25, 0.3) is 89.0 Å². The number of pyridine rings is 4. The molecule has 140 heavy (non-hydrogen) atoms. The number of anilines is 12. The van der Waals surface area contributed by atoms with Gasteiger partial charge in [0.05, 0.1) is 57.4 Å². The molecule has 8 aliphatic heterocycles. The van der Waals surface area contributed by atoms with Crippen molar-refractivity contribution in [1.29, 1.82) is 0 Å². The van der Waals surface area contributed by atoms with Crippen molar-refractivity contribution in [2.75, 3.05) is 19.6 Å². The standard InChI is InChI=1S/4C33H22N2/c1-3-9-24-19(6-1)14-21-11-12-25-26-17-23-15-22-8-5-13-34-33(22)35-30-10-4-2-7-20(30)16-29(32(23)35)27(26)18-28(25)31(21)24;1-3-8-23-19(6-1)14-21-11-12-24-25-16-22-17-29-31(10-5-13-34-29)35-30-9-4-2-7-20(30)15-28(33(22)35)26(25)18-27(24)32(21)23;1-3-7-24-19(5-1)13-22-9-10-25-26-16-23-14-21-11-12-34-18-31(21)35-30-8-4-2-6-20(30)15-29(33(23)35)27(26)17-28(25)32(22)24;1-3-7-24-19(5-1)13-21-9-10-25-26-16-22-14-23-18-34-12-11-31(23)35-30-8-4-2-6-20(30)15-29(33(22)35)27(26)17-28(25)32(21)24/h1-13,17H,14-16,18H2;1-13,16H,14-15,17-18H2;2*1-12,16,18H,13-15,17H2. The zero-order chi connectivity index (χ0) is 90.7. The van der Waals surface area contributed by atoms with E-state index in [9.17, 15) is 0 Å². The Balaban J connectivity index is 0.0000000829. The van der Waals surface area contributed by atoms with E-state index in [-0.39, 0.29) is 0 Å². The summed E-state index contributed by atoms with van der Waals surface area (Å²) < 4.78 is 0. The summed E-state index contributed by atoms with van der Waals surface area (Å²) in [5.41, 5.74) is 84.5. The lowest BCUT2D eigenvalue weighted by atomic mass is 9.83. The molecule has 12 heterocycles. The van der Waals surface area contributed by atoms with E-state index in [1.165, 1.54) is 330 Å². The minimum Gasteiger partial charge on any atom is -0.309 e. The van der Waals surface area contributed by atoms with Crippen molar-refractivity contribution >= 4 is 68.4 Å². The maximum Gasteiger partial charge on any atom is 0.141 e. The highest BCUT2D eigenvalue weighted by Crippen LogP contribution is 2.64. The molecule has 8 nitrogen and oxygen atoms in total. The number of rotatable bonds is 0. The zero-order valence-corrected chi connectivity index (χ0v) is 77.2. The number of aromatic nitrogens is 4. The molecule has 0 saturated heterocycles. The third kappa shape index (κ3) is 10.6. The summed E-state index contributed by atoms with van der Waals surface area (Å²) in [6.45, 7) is 0. The van der Waals surface area contributed by atoms with E-state index in [1.807, 2.05) is 24.8 Å². The van der Waals surface area contributed by atoms with Crippen molar-refractivity contribution in [3.8, 4) is 89.0 Å². The summed E-state index contributed by atoms with van der Waals surface area (Å²) in [5, 5.41) is 0. The molecule has 0 spiro atoms. The van der Waals surface area contributed by atoms with Crippen LogP contribution in [0.1, 0.15) is 178 Å². The minimum absolute atomic E-state index is 0.896. The van der Waals surface area contributed by atoms with Gasteiger partial charge in [0.1, 0.15) is 5.82 Å². The molecule has 0 saturated carbocycles. The second kappa shape index (κ2) is 28.5. The molecule has 0 unspecified atom stereocenters. The van der Waals surface area contributed by atoms with E-state index in [0.717, 1.165) is 109 Å². The predicted octanol–water partition coefficient (Wildman–Crippen LogP) is 30.0. The van der Waals surface area contributed by atoms with Gasteiger partial charge in [-0.15, -0.1) is 0 Å². The maximum atomic E-state index is 4.88. The third-order valence-corrected chi connectivity index (χ3v) is 34.5. The van der Waals surface area contributed by atoms with Gasteiger partial charge in [0.25, 0.3) is 0 Å². The fraction of sp³-hybridized carbons (Fsp3) is 0.121. The lowest BCUT2D eigenvalue weighted by Crippen LogP contribution is -2.26. The molecule has 0 fully saturated rings. The Bertz CT molecular complexity index is 8040. The van der Waals surface area contributed by atoms with Crippen LogP contribution in [-0.2, 0) is 103 Å². The maximum absolute atomic E-state index is 4.88. The van der Waals surface area contributed by atoms with E-state index >= 15 is 0 Å². The Morgan fingerprint density at radius 3 is 0.893 bits per heavy atom. The van der Waals surface area contributed by atoms with Crippen LogP contribution in [0.3, 0.4) is 0 Å². The van der Waals surface area contributed by atoms with Crippen LogP contribution in [0.4, 0.5) is 68.4 Å². The van der Waals surface area contributed by atoms with Crippen LogP contribution in [0.5, 0.6) is 0 Å². The summed E-state index contributed by atoms with van der Waals surface area (Å²) >= 11 is 0. The fourth-order valence-corrected chi connectivity index (χ4v) is 28.8. The van der Waals surface area contributed by atoms with E-state index < -0.39 is 0 Å². The second-order valence-electron chi connectivity index (χ2n) is 41.3. The summed E-state index contributed by atoms with van der Waals surface area (Å²) in [4.78, 5) is 28.7. The van der Waals surface area contributed by atoms with Gasteiger partial charge < -0.3 is 14.7 Å². The molecule has 8 heteroatoms. The van der Waals surface area contributed by atoms with Crippen LogP contribution in [0.15, 0.2) is 340 Å². The Labute approximate surface area is 812 Å². The highest BCUT2D eigenvalue weighted by Gasteiger charge is 2.45. The first-order chi connectivity index (χ1) is 69.4.